The number of hydrogen-bond donors (Lipinski definition) is 2. The van der Waals surface area contributed by atoms with Crippen molar-refractivity contribution in [2.75, 3.05) is 30.5 Å². The van der Waals surface area contributed by atoms with E-state index in [9.17, 15) is 14.4 Å². The lowest BCUT2D eigenvalue weighted by Crippen LogP contribution is -2.45. The van der Waals surface area contributed by atoms with Crippen molar-refractivity contribution in [3.8, 4) is 0 Å². The largest absolute Gasteiger partial charge is 0.383 e. The molecular formula is C26H30N4O4S. The Kier molecular flexibility index (Phi) is 9.51. The van der Waals surface area contributed by atoms with E-state index < -0.39 is 6.04 Å². The van der Waals surface area contributed by atoms with Crippen molar-refractivity contribution in [2.45, 2.75) is 32.7 Å². The van der Waals surface area contributed by atoms with Crippen molar-refractivity contribution in [3.63, 3.8) is 0 Å². The van der Waals surface area contributed by atoms with Gasteiger partial charge in [-0.3, -0.25) is 19.3 Å². The van der Waals surface area contributed by atoms with E-state index in [0.29, 0.717) is 29.5 Å². The van der Waals surface area contributed by atoms with E-state index in [2.05, 4.69) is 15.6 Å². The number of aromatic nitrogens is 1. The summed E-state index contributed by atoms with van der Waals surface area (Å²) in [6.07, 6.45) is 1.49. The summed E-state index contributed by atoms with van der Waals surface area (Å²) in [5.74, 6) is -0.973. The van der Waals surface area contributed by atoms with Crippen LogP contribution < -0.4 is 15.5 Å². The number of carbonyl (C=O) groups excluding carboxylic acids is 3. The molecule has 2 aromatic carbocycles. The normalized spacial score (nSPS) is 11.5. The highest BCUT2D eigenvalue weighted by molar-refractivity contribution is 7.13. The molecule has 0 saturated heterocycles. The highest BCUT2D eigenvalue weighted by atomic mass is 32.1. The number of benzene rings is 2. The van der Waals surface area contributed by atoms with Crippen molar-refractivity contribution >= 4 is 39.9 Å². The van der Waals surface area contributed by atoms with Gasteiger partial charge in [-0.1, -0.05) is 42.0 Å². The summed E-state index contributed by atoms with van der Waals surface area (Å²) in [5.41, 5.74) is 3.25. The van der Waals surface area contributed by atoms with E-state index in [1.807, 2.05) is 56.3 Å². The maximum Gasteiger partial charge on any atom is 0.247 e. The third kappa shape index (κ3) is 7.46. The first-order chi connectivity index (χ1) is 16.9. The Morgan fingerprint density at radius 1 is 1.06 bits per heavy atom. The van der Waals surface area contributed by atoms with Crippen LogP contribution in [0, 0.1) is 13.8 Å². The minimum atomic E-state index is -0.913. The standard InChI is InChI=1S/C26H30N4O4S/c1-18-7-9-20(10-8-18)24(25(33)27-13-15-34-3)30(21-6-4-5-19(2)17-21)23(32)12-11-22(31)29-26-28-14-16-35-26/h4-10,14,16-17,24H,11-13,15H2,1-3H3,(H,27,33)(H,28,29,31)/t24-/m0/s1. The van der Waals surface area contributed by atoms with Crippen LogP contribution in [-0.2, 0) is 19.1 Å². The van der Waals surface area contributed by atoms with Crippen LogP contribution in [0.4, 0.5) is 10.8 Å². The molecule has 9 heteroatoms. The first-order valence-corrected chi connectivity index (χ1v) is 12.2. The molecule has 0 aliphatic heterocycles. The highest BCUT2D eigenvalue weighted by Crippen LogP contribution is 2.30. The van der Waals surface area contributed by atoms with Crippen LogP contribution >= 0.6 is 11.3 Å². The lowest BCUT2D eigenvalue weighted by molar-refractivity contribution is -0.127. The fraction of sp³-hybridized carbons (Fsp3) is 0.308. The zero-order valence-corrected chi connectivity index (χ0v) is 20.9. The van der Waals surface area contributed by atoms with Crippen molar-refractivity contribution < 1.29 is 19.1 Å². The van der Waals surface area contributed by atoms with E-state index in [1.165, 1.54) is 16.2 Å². The van der Waals surface area contributed by atoms with E-state index in [1.54, 1.807) is 24.8 Å². The van der Waals surface area contributed by atoms with Crippen LogP contribution in [0.1, 0.15) is 35.6 Å². The van der Waals surface area contributed by atoms with E-state index in [0.717, 1.165) is 11.1 Å². The van der Waals surface area contributed by atoms with Crippen molar-refractivity contribution in [1.29, 1.82) is 0 Å². The number of anilines is 2. The number of nitrogens with one attached hydrogen (secondary N) is 2. The van der Waals surface area contributed by atoms with Gasteiger partial charge in [0.05, 0.1) is 6.61 Å². The zero-order valence-electron chi connectivity index (χ0n) is 20.1. The zero-order chi connectivity index (χ0) is 25.2. The third-order valence-corrected chi connectivity index (χ3v) is 5.99. The molecule has 3 rings (SSSR count). The average Bonchev–Trinajstić information content (AvgIpc) is 3.35. The van der Waals surface area contributed by atoms with Crippen LogP contribution in [0.5, 0.6) is 0 Å². The number of thiazole rings is 1. The Balaban J connectivity index is 1.91. The highest BCUT2D eigenvalue weighted by Gasteiger charge is 2.32. The first kappa shape index (κ1) is 26.1. The molecule has 2 N–H and O–H groups in total. The van der Waals surface area contributed by atoms with Gasteiger partial charge >= 0.3 is 0 Å². The molecule has 1 atom stereocenters. The molecule has 1 aromatic heterocycles. The SMILES string of the molecule is COCCNC(=O)[C@H](c1ccc(C)cc1)N(C(=O)CCC(=O)Nc1nccs1)c1cccc(C)c1. The van der Waals surface area contributed by atoms with Crippen LogP contribution in [0.15, 0.2) is 60.1 Å². The van der Waals surface area contributed by atoms with Gasteiger partial charge < -0.3 is 15.4 Å². The second kappa shape index (κ2) is 12.8. The third-order valence-electron chi connectivity index (χ3n) is 5.30. The fourth-order valence-corrected chi connectivity index (χ4v) is 4.11. The Morgan fingerprint density at radius 2 is 1.83 bits per heavy atom. The molecule has 35 heavy (non-hydrogen) atoms. The topological polar surface area (TPSA) is 101 Å². The summed E-state index contributed by atoms with van der Waals surface area (Å²) in [4.78, 5) is 44.9. The molecule has 0 fully saturated rings. The number of amides is 3. The molecule has 3 aromatic rings. The van der Waals surface area contributed by atoms with Gasteiger partial charge in [0.2, 0.25) is 17.7 Å². The summed E-state index contributed by atoms with van der Waals surface area (Å²) >= 11 is 1.31. The number of ether oxygens (including phenoxy) is 1. The Morgan fingerprint density at radius 3 is 2.49 bits per heavy atom. The average molecular weight is 495 g/mol. The molecule has 0 saturated carbocycles. The monoisotopic (exact) mass is 494 g/mol. The van der Waals surface area contributed by atoms with Crippen LogP contribution in [0.3, 0.4) is 0 Å². The molecule has 0 spiro atoms. The molecule has 1 heterocycles. The van der Waals surface area contributed by atoms with Crippen molar-refractivity contribution in [2.24, 2.45) is 0 Å². The summed E-state index contributed by atoms with van der Waals surface area (Å²) in [6, 6.07) is 14.0. The van der Waals surface area contributed by atoms with Gasteiger partial charge in [-0.25, -0.2) is 4.98 Å². The molecule has 0 radical (unpaired) electrons. The minimum Gasteiger partial charge on any atom is -0.383 e. The summed E-state index contributed by atoms with van der Waals surface area (Å²) in [5, 5.41) is 7.80. The van der Waals surface area contributed by atoms with Crippen molar-refractivity contribution in [1.82, 2.24) is 10.3 Å². The molecule has 0 aliphatic carbocycles. The summed E-state index contributed by atoms with van der Waals surface area (Å²) in [6.45, 7) is 4.54. The maximum atomic E-state index is 13.6. The van der Waals surface area contributed by atoms with Crippen LogP contribution in [-0.4, -0.2) is 43.0 Å². The Labute approximate surface area is 209 Å². The summed E-state index contributed by atoms with van der Waals surface area (Å²) in [7, 11) is 1.56. The maximum absolute atomic E-state index is 13.6. The van der Waals surface area contributed by atoms with Gasteiger partial charge in [0.1, 0.15) is 6.04 Å². The van der Waals surface area contributed by atoms with E-state index >= 15 is 0 Å². The molecule has 0 aliphatic rings. The second-order valence-corrected chi connectivity index (χ2v) is 8.98. The Bertz CT molecular complexity index is 1130. The van der Waals surface area contributed by atoms with Gasteiger partial charge in [-0.15, -0.1) is 11.3 Å². The Hall–Kier alpha value is -3.56. The fourth-order valence-electron chi connectivity index (χ4n) is 3.56. The van der Waals surface area contributed by atoms with Gasteiger partial charge in [-0.05, 0) is 37.1 Å². The predicted molar refractivity (Wildman–Crippen MR) is 137 cm³/mol. The van der Waals surface area contributed by atoms with Crippen molar-refractivity contribution in [3.05, 3.63) is 76.8 Å². The quantitative estimate of drug-likeness (QED) is 0.392. The molecular weight excluding hydrogens is 464 g/mol. The first-order valence-electron chi connectivity index (χ1n) is 11.3. The van der Waals surface area contributed by atoms with E-state index in [4.69, 9.17) is 4.74 Å². The number of nitrogens with zero attached hydrogens (tertiary/aromatic N) is 2. The number of rotatable bonds is 11. The van der Waals surface area contributed by atoms with Gasteiger partial charge in [-0.2, -0.15) is 0 Å². The van der Waals surface area contributed by atoms with Gasteiger partial charge in [0.15, 0.2) is 5.13 Å². The minimum absolute atomic E-state index is 0.0351. The number of methoxy groups -OCH3 is 1. The molecule has 0 unspecified atom stereocenters. The molecule has 0 bridgehead atoms. The van der Waals surface area contributed by atoms with E-state index in [-0.39, 0.29) is 30.6 Å². The smallest absolute Gasteiger partial charge is 0.247 e. The molecule has 184 valence electrons. The number of carbonyl (C=O) groups is 3. The lowest BCUT2D eigenvalue weighted by atomic mass is 10.0. The predicted octanol–water partition coefficient (Wildman–Crippen LogP) is 4.02. The van der Waals surface area contributed by atoms with Crippen LogP contribution in [0.25, 0.3) is 0 Å². The molecule has 8 nitrogen and oxygen atoms in total. The van der Waals surface area contributed by atoms with Crippen LogP contribution in [0.2, 0.25) is 0 Å². The number of aryl methyl sites for hydroxylation is 2. The van der Waals surface area contributed by atoms with Gasteiger partial charge in [0, 0.05) is 43.8 Å². The van der Waals surface area contributed by atoms with Gasteiger partial charge in [0.25, 0.3) is 0 Å². The summed E-state index contributed by atoms with van der Waals surface area (Å²) < 4.78 is 5.07. The molecule has 3 amide bonds. The second-order valence-electron chi connectivity index (χ2n) is 8.09. The lowest BCUT2D eigenvalue weighted by Gasteiger charge is -2.32. The number of hydrogen-bond acceptors (Lipinski definition) is 6.